The lowest BCUT2D eigenvalue weighted by atomic mass is 10.3. The van der Waals surface area contributed by atoms with E-state index in [1.165, 1.54) is 5.56 Å². The fourth-order valence-electron chi connectivity index (χ4n) is 1.87. The topological polar surface area (TPSA) is 32.6 Å². The summed E-state index contributed by atoms with van der Waals surface area (Å²) < 4.78 is 2.05. The zero-order chi connectivity index (χ0) is 14.1. The highest BCUT2D eigenvalue weighted by Gasteiger charge is 2.04. The first-order chi connectivity index (χ1) is 9.17. The Balaban J connectivity index is 0.00000361. The van der Waals surface area contributed by atoms with Crippen molar-refractivity contribution in [2.45, 2.75) is 26.3 Å². The number of aryl methyl sites for hydroxylation is 1. The molecule has 114 valence electrons. The molecule has 0 saturated heterocycles. The molecule has 0 aliphatic carbocycles. The van der Waals surface area contributed by atoms with E-state index in [-0.39, 0.29) is 24.0 Å². The van der Waals surface area contributed by atoms with Crippen LogP contribution >= 0.6 is 24.0 Å². The number of hydrogen-bond donors (Lipinski definition) is 1. The summed E-state index contributed by atoms with van der Waals surface area (Å²) in [4.78, 5) is 6.84. The Kier molecular flexibility index (Phi) is 10.2. The number of unbranched alkanes of at least 4 members (excludes halogenated alkanes) is 1. The molecule has 0 fully saturated rings. The van der Waals surface area contributed by atoms with Crippen molar-refractivity contribution in [3.05, 3.63) is 36.7 Å². The van der Waals surface area contributed by atoms with Crippen LogP contribution < -0.4 is 5.32 Å². The second kappa shape index (κ2) is 10.8. The number of aliphatic imine (C=N–C) groups is 1. The number of aromatic nitrogens is 1. The minimum Gasteiger partial charge on any atom is -0.357 e. The molecule has 0 spiro atoms. The molecule has 0 aliphatic rings. The molecular weight excluding hydrogens is 363 g/mol. The summed E-state index contributed by atoms with van der Waals surface area (Å²) >= 11 is 0. The molecule has 1 heterocycles. The highest BCUT2D eigenvalue weighted by atomic mass is 127. The van der Waals surface area contributed by atoms with Crippen LogP contribution in [0.3, 0.4) is 0 Å². The first-order valence-corrected chi connectivity index (χ1v) is 6.88. The summed E-state index contributed by atoms with van der Waals surface area (Å²) in [6.07, 6.45) is 8.26. The van der Waals surface area contributed by atoms with Gasteiger partial charge < -0.3 is 14.8 Å². The van der Waals surface area contributed by atoms with Crippen LogP contribution in [0.2, 0.25) is 0 Å². The highest BCUT2D eigenvalue weighted by molar-refractivity contribution is 14.0. The first-order valence-electron chi connectivity index (χ1n) is 6.88. The highest BCUT2D eigenvalue weighted by Crippen LogP contribution is 2.02. The van der Waals surface area contributed by atoms with Crippen LogP contribution in [0.1, 0.15) is 25.3 Å². The van der Waals surface area contributed by atoms with Gasteiger partial charge in [-0.15, -0.1) is 30.6 Å². The quantitative estimate of drug-likeness (QED) is 0.255. The van der Waals surface area contributed by atoms with Gasteiger partial charge >= 0.3 is 0 Å². The summed E-state index contributed by atoms with van der Waals surface area (Å²) in [6.45, 7) is 8.44. The SMILES string of the molecule is C=CCCCN(C)C(=NCc1ccn(C)c1)NCC.I. The molecule has 0 aromatic carbocycles. The number of nitrogens with zero attached hydrogens (tertiary/aromatic N) is 3. The fourth-order valence-corrected chi connectivity index (χ4v) is 1.87. The van der Waals surface area contributed by atoms with Crippen LogP contribution in [0, 0.1) is 0 Å². The first kappa shape index (κ1) is 19.0. The molecule has 0 aliphatic heterocycles. The summed E-state index contributed by atoms with van der Waals surface area (Å²) in [5, 5.41) is 3.33. The monoisotopic (exact) mass is 390 g/mol. The number of allylic oxidation sites excluding steroid dienone is 1. The summed E-state index contributed by atoms with van der Waals surface area (Å²) in [5.41, 5.74) is 1.23. The van der Waals surface area contributed by atoms with Gasteiger partial charge in [-0.1, -0.05) is 6.08 Å². The fraction of sp³-hybridized carbons (Fsp3) is 0.533. The second-order valence-corrected chi connectivity index (χ2v) is 4.71. The van der Waals surface area contributed by atoms with E-state index in [0.717, 1.165) is 38.4 Å². The summed E-state index contributed by atoms with van der Waals surface area (Å²) in [5.74, 6) is 0.968. The van der Waals surface area contributed by atoms with Crippen LogP contribution in [0.5, 0.6) is 0 Å². The Morgan fingerprint density at radius 3 is 2.85 bits per heavy atom. The van der Waals surface area contributed by atoms with E-state index < -0.39 is 0 Å². The normalized spacial score (nSPS) is 10.8. The van der Waals surface area contributed by atoms with Crippen LogP contribution in [0.15, 0.2) is 36.1 Å². The van der Waals surface area contributed by atoms with Crippen molar-refractivity contribution in [2.75, 3.05) is 20.1 Å². The van der Waals surface area contributed by atoms with Gasteiger partial charge in [-0.25, -0.2) is 4.99 Å². The minimum absolute atomic E-state index is 0. The van der Waals surface area contributed by atoms with Crippen molar-refractivity contribution < 1.29 is 0 Å². The van der Waals surface area contributed by atoms with E-state index in [0.29, 0.717) is 0 Å². The molecule has 0 saturated carbocycles. The molecule has 20 heavy (non-hydrogen) atoms. The van der Waals surface area contributed by atoms with Crippen molar-refractivity contribution in [1.82, 2.24) is 14.8 Å². The van der Waals surface area contributed by atoms with Crippen LogP contribution in [-0.4, -0.2) is 35.6 Å². The van der Waals surface area contributed by atoms with E-state index in [2.05, 4.69) is 48.0 Å². The molecule has 4 nitrogen and oxygen atoms in total. The molecule has 0 radical (unpaired) electrons. The lowest BCUT2D eigenvalue weighted by molar-refractivity contribution is 0.470. The third-order valence-electron chi connectivity index (χ3n) is 2.90. The Labute approximate surface area is 140 Å². The molecule has 5 heteroatoms. The Bertz CT molecular complexity index is 412. The van der Waals surface area contributed by atoms with E-state index in [9.17, 15) is 0 Å². The Hall–Kier alpha value is -0.980. The zero-order valence-electron chi connectivity index (χ0n) is 12.8. The summed E-state index contributed by atoms with van der Waals surface area (Å²) in [7, 11) is 4.11. The molecule has 1 rings (SSSR count). The van der Waals surface area contributed by atoms with Gasteiger partial charge in [0, 0.05) is 39.6 Å². The average molecular weight is 390 g/mol. The van der Waals surface area contributed by atoms with Crippen LogP contribution in [0.4, 0.5) is 0 Å². The van der Waals surface area contributed by atoms with Gasteiger partial charge in [0.2, 0.25) is 0 Å². The van der Waals surface area contributed by atoms with E-state index in [4.69, 9.17) is 0 Å². The molecular formula is C15H27IN4. The Morgan fingerprint density at radius 1 is 1.55 bits per heavy atom. The van der Waals surface area contributed by atoms with Gasteiger partial charge in [0.05, 0.1) is 6.54 Å². The summed E-state index contributed by atoms with van der Waals surface area (Å²) in [6, 6.07) is 2.10. The van der Waals surface area contributed by atoms with Gasteiger partial charge in [0.1, 0.15) is 0 Å². The largest absolute Gasteiger partial charge is 0.357 e. The molecule has 0 bridgehead atoms. The number of rotatable bonds is 7. The van der Waals surface area contributed by atoms with Crippen molar-refractivity contribution in [1.29, 1.82) is 0 Å². The van der Waals surface area contributed by atoms with Crippen molar-refractivity contribution in [2.24, 2.45) is 12.0 Å². The molecule has 0 amide bonds. The molecule has 1 aromatic rings. The van der Waals surface area contributed by atoms with Gasteiger partial charge in [-0.3, -0.25) is 0 Å². The maximum atomic E-state index is 4.67. The third kappa shape index (κ3) is 6.98. The van der Waals surface area contributed by atoms with Crippen LogP contribution in [0.25, 0.3) is 0 Å². The molecule has 1 aromatic heterocycles. The lowest BCUT2D eigenvalue weighted by Gasteiger charge is -2.21. The van der Waals surface area contributed by atoms with Gasteiger partial charge in [0.25, 0.3) is 0 Å². The predicted molar refractivity (Wildman–Crippen MR) is 97.7 cm³/mol. The van der Waals surface area contributed by atoms with Crippen LogP contribution in [-0.2, 0) is 13.6 Å². The van der Waals surface area contributed by atoms with Gasteiger partial charge in [-0.2, -0.15) is 0 Å². The molecule has 0 unspecified atom stereocenters. The smallest absolute Gasteiger partial charge is 0.193 e. The Morgan fingerprint density at radius 2 is 2.30 bits per heavy atom. The third-order valence-corrected chi connectivity index (χ3v) is 2.90. The molecule has 1 N–H and O–H groups in total. The van der Waals surface area contributed by atoms with Crippen molar-refractivity contribution >= 4 is 29.9 Å². The van der Waals surface area contributed by atoms with E-state index in [1.807, 2.05) is 23.9 Å². The number of halogens is 1. The molecule has 0 atom stereocenters. The lowest BCUT2D eigenvalue weighted by Crippen LogP contribution is -2.39. The predicted octanol–water partition coefficient (Wildman–Crippen LogP) is 3.01. The van der Waals surface area contributed by atoms with E-state index >= 15 is 0 Å². The minimum atomic E-state index is 0. The second-order valence-electron chi connectivity index (χ2n) is 4.71. The van der Waals surface area contributed by atoms with Gasteiger partial charge in [-0.05, 0) is 31.4 Å². The van der Waals surface area contributed by atoms with E-state index in [1.54, 1.807) is 0 Å². The maximum absolute atomic E-state index is 4.67. The van der Waals surface area contributed by atoms with Crippen molar-refractivity contribution in [3.63, 3.8) is 0 Å². The van der Waals surface area contributed by atoms with Gasteiger partial charge in [0.15, 0.2) is 5.96 Å². The van der Waals surface area contributed by atoms with Crippen molar-refractivity contribution in [3.8, 4) is 0 Å². The zero-order valence-corrected chi connectivity index (χ0v) is 15.1. The standard InChI is InChI=1S/C15H26N4.HI/c1-5-7-8-10-19(4)15(16-6-2)17-12-14-9-11-18(3)13-14;/h5,9,11,13H,1,6-8,10,12H2,2-4H3,(H,16,17);1H. The number of guanidine groups is 1. The maximum Gasteiger partial charge on any atom is 0.193 e. The average Bonchev–Trinajstić information content (AvgIpc) is 2.80. The number of nitrogens with one attached hydrogen (secondary N) is 1. The number of hydrogen-bond acceptors (Lipinski definition) is 1.